The number of carbonyl (C=O) groups excluding carboxylic acids is 1. The first-order valence-electron chi connectivity index (χ1n) is 7.17. The van der Waals surface area contributed by atoms with Crippen LogP contribution in [0, 0.1) is 20.2 Å². The Hall–Kier alpha value is -2.65. The van der Waals surface area contributed by atoms with Gasteiger partial charge in [-0.3, -0.25) is 25.0 Å². The topological polar surface area (TPSA) is 116 Å². The van der Waals surface area contributed by atoms with Gasteiger partial charge in [0.2, 0.25) is 5.78 Å². The van der Waals surface area contributed by atoms with Gasteiger partial charge in [0.15, 0.2) is 6.10 Å². The number of ketones is 1. The minimum atomic E-state index is -1.22. The van der Waals surface area contributed by atoms with Crippen molar-refractivity contribution in [2.45, 2.75) is 11.7 Å². The van der Waals surface area contributed by atoms with Crippen LogP contribution in [0.1, 0.15) is 15.9 Å². The molecule has 9 heteroatoms. The summed E-state index contributed by atoms with van der Waals surface area (Å²) in [5.74, 6) is -0.579. The largest absolute Gasteiger partial charge is 0.351 e. The number of nitro groups is 2. The smallest absolute Gasteiger partial charge is 0.280 e. The Labute approximate surface area is 149 Å². The Morgan fingerprint density at radius 3 is 2.20 bits per heavy atom. The van der Waals surface area contributed by atoms with E-state index in [0.29, 0.717) is 0 Å². The lowest BCUT2D eigenvalue weighted by Gasteiger charge is -2.10. The van der Waals surface area contributed by atoms with Crippen molar-refractivity contribution in [3.63, 3.8) is 0 Å². The van der Waals surface area contributed by atoms with Crippen molar-refractivity contribution in [1.82, 2.24) is 0 Å². The van der Waals surface area contributed by atoms with Gasteiger partial charge in [0.25, 0.3) is 11.4 Å². The highest BCUT2D eigenvalue weighted by Gasteiger charge is 2.63. The van der Waals surface area contributed by atoms with Crippen LogP contribution in [0.3, 0.4) is 0 Å². The number of benzene rings is 2. The molecule has 1 saturated heterocycles. The highest BCUT2D eigenvalue weighted by Crippen LogP contribution is 2.52. The number of para-hydroxylation sites is 2. The molecule has 3 rings (SSSR count). The van der Waals surface area contributed by atoms with E-state index >= 15 is 0 Å². The third-order valence-electron chi connectivity index (χ3n) is 4.05. The average molecular weight is 407 g/mol. The van der Waals surface area contributed by atoms with Gasteiger partial charge in [-0.15, -0.1) is 0 Å². The highest BCUT2D eigenvalue weighted by molar-refractivity contribution is 9.09. The summed E-state index contributed by atoms with van der Waals surface area (Å²) in [6.07, 6.45) is -1.03. The van der Waals surface area contributed by atoms with Gasteiger partial charge in [-0.05, 0) is 12.1 Å². The van der Waals surface area contributed by atoms with Crippen molar-refractivity contribution in [2.75, 3.05) is 5.33 Å². The number of hydrogen-bond donors (Lipinski definition) is 0. The van der Waals surface area contributed by atoms with E-state index in [1.165, 1.54) is 42.5 Å². The monoisotopic (exact) mass is 406 g/mol. The molecule has 0 aromatic heterocycles. The number of nitrogens with zero attached hydrogens (tertiary/aromatic N) is 2. The first-order valence-corrected chi connectivity index (χ1v) is 8.30. The van der Waals surface area contributed by atoms with Crippen molar-refractivity contribution >= 4 is 33.1 Å². The molecule has 2 atom stereocenters. The summed E-state index contributed by atoms with van der Waals surface area (Å²) >= 11 is 3.25. The van der Waals surface area contributed by atoms with Crippen LogP contribution in [-0.2, 0) is 10.3 Å². The summed E-state index contributed by atoms with van der Waals surface area (Å²) in [7, 11) is 0. The van der Waals surface area contributed by atoms with Gasteiger partial charge in [-0.2, -0.15) is 0 Å². The summed E-state index contributed by atoms with van der Waals surface area (Å²) < 4.78 is 5.56. The molecular formula is C16H11BrN2O6. The molecule has 2 aromatic carbocycles. The Balaban J connectivity index is 2.01. The van der Waals surface area contributed by atoms with E-state index in [-0.39, 0.29) is 27.8 Å². The Bertz CT molecular complexity index is 886. The van der Waals surface area contributed by atoms with E-state index in [0.717, 1.165) is 0 Å². The van der Waals surface area contributed by atoms with Crippen LogP contribution in [0.15, 0.2) is 48.5 Å². The van der Waals surface area contributed by atoms with Gasteiger partial charge >= 0.3 is 0 Å². The van der Waals surface area contributed by atoms with E-state index in [4.69, 9.17) is 4.74 Å². The van der Waals surface area contributed by atoms with Gasteiger partial charge < -0.3 is 4.74 Å². The maximum atomic E-state index is 12.7. The molecule has 0 saturated carbocycles. The minimum Gasteiger partial charge on any atom is -0.351 e. The first kappa shape index (κ1) is 17.2. The lowest BCUT2D eigenvalue weighted by molar-refractivity contribution is -0.386. The number of hydrogen-bond acceptors (Lipinski definition) is 6. The van der Waals surface area contributed by atoms with Crippen LogP contribution in [-0.4, -0.2) is 27.1 Å². The van der Waals surface area contributed by atoms with E-state index in [1.54, 1.807) is 6.07 Å². The zero-order valence-electron chi connectivity index (χ0n) is 12.6. The number of epoxide rings is 1. The standard InChI is InChI=1S/C16H11BrN2O6/c17-9-16(11-6-2-4-8-13(11)19(23)24)15(25-16)14(20)10-5-1-3-7-12(10)18(21)22/h1-8,15H,9H2. The van der Waals surface area contributed by atoms with Crippen molar-refractivity contribution in [3.8, 4) is 0 Å². The van der Waals surface area contributed by atoms with Crippen LogP contribution in [0.2, 0.25) is 0 Å². The van der Waals surface area contributed by atoms with Gasteiger partial charge in [-0.1, -0.05) is 40.2 Å². The number of ether oxygens (including phenoxy) is 1. The maximum absolute atomic E-state index is 12.7. The van der Waals surface area contributed by atoms with Crippen LogP contribution in [0.5, 0.6) is 0 Å². The molecule has 0 bridgehead atoms. The number of halogens is 1. The van der Waals surface area contributed by atoms with Gasteiger partial charge in [0, 0.05) is 17.5 Å². The molecule has 1 heterocycles. The van der Waals surface area contributed by atoms with Crippen molar-refractivity contribution in [2.24, 2.45) is 0 Å². The third-order valence-corrected chi connectivity index (χ3v) is 4.89. The third kappa shape index (κ3) is 2.81. The van der Waals surface area contributed by atoms with Crippen LogP contribution in [0.25, 0.3) is 0 Å². The first-order chi connectivity index (χ1) is 11.9. The SMILES string of the molecule is O=C(c1ccccc1[N+](=O)[O-])C1OC1(CBr)c1ccccc1[N+](=O)[O-]. The van der Waals surface area contributed by atoms with E-state index < -0.39 is 27.3 Å². The second kappa shape index (κ2) is 6.34. The molecule has 0 radical (unpaired) electrons. The summed E-state index contributed by atoms with van der Waals surface area (Å²) in [6, 6.07) is 11.5. The predicted octanol–water partition coefficient (Wildman–Crippen LogP) is 3.37. The average Bonchev–Trinajstić information content (AvgIpc) is 3.37. The number of Topliss-reactive ketones (excluding diaryl/α,β-unsaturated/α-hetero) is 1. The molecule has 0 N–H and O–H groups in total. The Morgan fingerprint density at radius 1 is 1.04 bits per heavy atom. The van der Waals surface area contributed by atoms with Crippen molar-refractivity contribution < 1.29 is 19.4 Å². The van der Waals surface area contributed by atoms with E-state index in [1.807, 2.05) is 0 Å². The molecule has 2 unspecified atom stereocenters. The Kier molecular flexibility index (Phi) is 4.36. The lowest BCUT2D eigenvalue weighted by atomic mass is 9.91. The van der Waals surface area contributed by atoms with Crippen molar-refractivity contribution in [3.05, 3.63) is 79.9 Å². The summed E-state index contributed by atoms with van der Waals surface area (Å²) in [4.78, 5) is 33.9. The molecule has 8 nitrogen and oxygen atoms in total. The molecule has 128 valence electrons. The Morgan fingerprint density at radius 2 is 1.60 bits per heavy atom. The molecule has 1 fully saturated rings. The predicted molar refractivity (Wildman–Crippen MR) is 90.9 cm³/mol. The zero-order chi connectivity index (χ0) is 18.2. The van der Waals surface area contributed by atoms with Crippen LogP contribution in [0.4, 0.5) is 11.4 Å². The summed E-state index contributed by atoms with van der Waals surface area (Å²) in [6.45, 7) is 0. The molecule has 0 amide bonds. The highest BCUT2D eigenvalue weighted by atomic mass is 79.9. The van der Waals surface area contributed by atoms with Crippen LogP contribution < -0.4 is 0 Å². The fourth-order valence-corrected chi connectivity index (χ4v) is 3.52. The molecule has 0 spiro atoms. The molecule has 0 aliphatic carbocycles. The molecular weight excluding hydrogens is 396 g/mol. The van der Waals surface area contributed by atoms with Crippen molar-refractivity contribution in [1.29, 1.82) is 0 Å². The van der Waals surface area contributed by atoms with Gasteiger partial charge in [0.1, 0.15) is 5.60 Å². The number of nitro benzene ring substituents is 2. The molecule has 1 aliphatic rings. The minimum absolute atomic E-state index is 0.0843. The quantitative estimate of drug-likeness (QED) is 0.238. The zero-order valence-corrected chi connectivity index (χ0v) is 14.2. The van der Waals surface area contributed by atoms with E-state index in [9.17, 15) is 25.0 Å². The van der Waals surface area contributed by atoms with Gasteiger partial charge in [-0.25, -0.2) is 0 Å². The number of carbonyl (C=O) groups is 1. The fourth-order valence-electron chi connectivity index (χ4n) is 2.79. The normalized spacial score (nSPS) is 21.6. The lowest BCUT2D eigenvalue weighted by Crippen LogP contribution is -2.22. The molecule has 25 heavy (non-hydrogen) atoms. The second-order valence-corrected chi connectivity index (χ2v) is 5.99. The summed E-state index contributed by atoms with van der Waals surface area (Å²) in [5.41, 5.74) is -1.54. The molecule has 1 aliphatic heterocycles. The fraction of sp³-hybridized carbons (Fsp3) is 0.188. The van der Waals surface area contributed by atoms with Gasteiger partial charge in [0.05, 0.1) is 21.0 Å². The maximum Gasteiger partial charge on any atom is 0.280 e. The van der Waals surface area contributed by atoms with Crippen LogP contribution >= 0.6 is 15.9 Å². The summed E-state index contributed by atoms with van der Waals surface area (Å²) in [5, 5.41) is 22.5. The number of alkyl halides is 1. The number of rotatable bonds is 6. The molecule has 2 aromatic rings. The second-order valence-electron chi connectivity index (χ2n) is 5.43. The van der Waals surface area contributed by atoms with E-state index in [2.05, 4.69) is 15.9 Å².